The number of anilines is 1. The third-order valence-electron chi connectivity index (χ3n) is 3.28. The maximum absolute atomic E-state index is 12.1. The number of nitrogens with two attached hydrogens (primary N) is 1. The average molecular weight is 350 g/mol. The van der Waals surface area contributed by atoms with Crippen molar-refractivity contribution in [3.63, 3.8) is 0 Å². The molecule has 8 heteroatoms. The second kappa shape index (κ2) is 7.33. The highest BCUT2D eigenvalue weighted by atomic mass is 32.2. The first-order chi connectivity index (χ1) is 11.3. The quantitative estimate of drug-likeness (QED) is 0.821. The molecule has 2 aromatic rings. The van der Waals surface area contributed by atoms with Gasteiger partial charge in [-0.2, -0.15) is 0 Å². The standard InChI is InChI=1S/C16H18N2O5S/c1-22-13-6-3-11(4-7-13)9-16(19)18-12-5-8-14(23-2)15(10-12)24(17,20)21/h3-8,10H,9H2,1-2H3,(H,18,19)(H2,17,20,21). The molecule has 0 radical (unpaired) electrons. The highest BCUT2D eigenvalue weighted by Crippen LogP contribution is 2.26. The van der Waals surface area contributed by atoms with Crippen LogP contribution in [0.4, 0.5) is 5.69 Å². The fraction of sp³-hybridized carbons (Fsp3) is 0.188. The van der Waals surface area contributed by atoms with Crippen LogP contribution in [0.15, 0.2) is 47.4 Å². The number of amides is 1. The van der Waals surface area contributed by atoms with E-state index in [0.29, 0.717) is 11.4 Å². The van der Waals surface area contributed by atoms with Crippen molar-refractivity contribution in [2.75, 3.05) is 19.5 Å². The lowest BCUT2D eigenvalue weighted by atomic mass is 10.1. The number of carbonyl (C=O) groups excluding carboxylic acids is 1. The minimum Gasteiger partial charge on any atom is -0.497 e. The van der Waals surface area contributed by atoms with E-state index in [9.17, 15) is 13.2 Å². The van der Waals surface area contributed by atoms with Gasteiger partial charge < -0.3 is 14.8 Å². The van der Waals surface area contributed by atoms with Gasteiger partial charge in [-0.3, -0.25) is 4.79 Å². The van der Waals surface area contributed by atoms with E-state index in [-0.39, 0.29) is 23.0 Å². The molecule has 0 aliphatic heterocycles. The molecule has 0 spiro atoms. The third kappa shape index (κ3) is 4.46. The largest absolute Gasteiger partial charge is 0.497 e. The van der Waals surface area contributed by atoms with Gasteiger partial charge in [0, 0.05) is 5.69 Å². The number of nitrogens with one attached hydrogen (secondary N) is 1. The first kappa shape index (κ1) is 17.8. The molecule has 0 aliphatic rings. The minimum absolute atomic E-state index is 0.116. The molecule has 0 saturated heterocycles. The van der Waals surface area contributed by atoms with E-state index in [4.69, 9.17) is 14.6 Å². The van der Waals surface area contributed by atoms with Gasteiger partial charge in [0.05, 0.1) is 20.6 Å². The molecule has 0 aliphatic carbocycles. The molecule has 1 amide bonds. The molecule has 0 heterocycles. The summed E-state index contributed by atoms with van der Waals surface area (Å²) >= 11 is 0. The predicted octanol–water partition coefficient (Wildman–Crippen LogP) is 1.53. The first-order valence-electron chi connectivity index (χ1n) is 6.97. The second-order valence-electron chi connectivity index (χ2n) is 4.98. The molecule has 128 valence electrons. The number of primary sulfonamides is 1. The van der Waals surface area contributed by atoms with Crippen molar-refractivity contribution >= 4 is 21.6 Å². The topological polar surface area (TPSA) is 108 Å². The zero-order chi connectivity index (χ0) is 17.7. The van der Waals surface area contributed by atoms with Gasteiger partial charge in [-0.1, -0.05) is 12.1 Å². The number of methoxy groups -OCH3 is 2. The van der Waals surface area contributed by atoms with E-state index in [2.05, 4.69) is 5.32 Å². The van der Waals surface area contributed by atoms with Crippen LogP contribution in [0.25, 0.3) is 0 Å². The molecular formula is C16H18N2O5S. The van der Waals surface area contributed by atoms with Gasteiger partial charge >= 0.3 is 0 Å². The Morgan fingerprint density at radius 3 is 2.29 bits per heavy atom. The summed E-state index contributed by atoms with van der Waals surface area (Å²) in [4.78, 5) is 11.9. The molecule has 0 fully saturated rings. The van der Waals surface area contributed by atoms with Crippen molar-refractivity contribution in [2.45, 2.75) is 11.3 Å². The van der Waals surface area contributed by atoms with Crippen LogP contribution in [0.5, 0.6) is 11.5 Å². The Bertz CT molecular complexity index is 832. The van der Waals surface area contributed by atoms with Gasteiger partial charge in [0.15, 0.2) is 0 Å². The zero-order valence-electron chi connectivity index (χ0n) is 13.3. The van der Waals surface area contributed by atoms with Gasteiger partial charge in [0.25, 0.3) is 0 Å². The van der Waals surface area contributed by atoms with Crippen LogP contribution in [0.1, 0.15) is 5.56 Å². The van der Waals surface area contributed by atoms with Gasteiger partial charge in [0.1, 0.15) is 16.4 Å². The van der Waals surface area contributed by atoms with Crippen molar-refractivity contribution < 1.29 is 22.7 Å². The van der Waals surface area contributed by atoms with Gasteiger partial charge in [0.2, 0.25) is 15.9 Å². The van der Waals surface area contributed by atoms with Crippen LogP contribution < -0.4 is 19.9 Å². The molecule has 0 aromatic heterocycles. The Morgan fingerprint density at radius 2 is 1.75 bits per heavy atom. The fourth-order valence-electron chi connectivity index (χ4n) is 2.11. The van der Waals surface area contributed by atoms with Crippen molar-refractivity contribution in [3.05, 3.63) is 48.0 Å². The van der Waals surface area contributed by atoms with Gasteiger partial charge in [-0.25, -0.2) is 13.6 Å². The molecule has 0 saturated carbocycles. The SMILES string of the molecule is COc1ccc(CC(=O)Nc2ccc(OC)c(S(N)(=O)=O)c2)cc1. The molecule has 24 heavy (non-hydrogen) atoms. The molecule has 0 atom stereocenters. The normalized spacial score (nSPS) is 11.0. The summed E-state index contributed by atoms with van der Waals surface area (Å²) in [6.07, 6.45) is 0.140. The summed E-state index contributed by atoms with van der Waals surface area (Å²) in [6, 6.07) is 11.3. The Balaban J connectivity index is 2.13. The average Bonchev–Trinajstić information content (AvgIpc) is 2.54. The lowest BCUT2D eigenvalue weighted by Gasteiger charge is -2.10. The fourth-order valence-corrected chi connectivity index (χ4v) is 2.83. The maximum atomic E-state index is 12.1. The monoisotopic (exact) mass is 350 g/mol. The Labute approximate surface area is 140 Å². The number of hydrogen-bond donors (Lipinski definition) is 2. The summed E-state index contributed by atoms with van der Waals surface area (Å²) in [5, 5.41) is 7.79. The molecule has 0 unspecified atom stereocenters. The number of ether oxygens (including phenoxy) is 2. The van der Waals surface area contributed by atoms with E-state index in [0.717, 1.165) is 5.56 Å². The van der Waals surface area contributed by atoms with Crippen LogP contribution in [0.2, 0.25) is 0 Å². The van der Waals surface area contributed by atoms with Crippen molar-refractivity contribution in [3.8, 4) is 11.5 Å². The third-order valence-corrected chi connectivity index (χ3v) is 4.21. The van der Waals surface area contributed by atoms with E-state index in [1.54, 1.807) is 37.4 Å². The number of rotatable bonds is 6. The van der Waals surface area contributed by atoms with Crippen molar-refractivity contribution in [1.29, 1.82) is 0 Å². The number of benzene rings is 2. The summed E-state index contributed by atoms with van der Waals surface area (Å²) in [6.45, 7) is 0. The van der Waals surface area contributed by atoms with E-state index < -0.39 is 10.0 Å². The predicted molar refractivity (Wildman–Crippen MR) is 89.7 cm³/mol. The van der Waals surface area contributed by atoms with Crippen molar-refractivity contribution in [2.24, 2.45) is 5.14 Å². The lowest BCUT2D eigenvalue weighted by Crippen LogP contribution is -2.17. The Morgan fingerprint density at radius 1 is 1.08 bits per heavy atom. The highest BCUT2D eigenvalue weighted by molar-refractivity contribution is 7.89. The first-order valence-corrected chi connectivity index (χ1v) is 8.51. The van der Waals surface area contributed by atoms with E-state index in [1.165, 1.54) is 19.2 Å². The van der Waals surface area contributed by atoms with Crippen LogP contribution in [-0.4, -0.2) is 28.5 Å². The molecular weight excluding hydrogens is 332 g/mol. The molecule has 2 aromatic carbocycles. The Kier molecular flexibility index (Phi) is 5.42. The molecule has 2 rings (SSSR count). The lowest BCUT2D eigenvalue weighted by molar-refractivity contribution is -0.115. The minimum atomic E-state index is -3.96. The van der Waals surface area contributed by atoms with Gasteiger partial charge in [-0.05, 0) is 35.9 Å². The summed E-state index contributed by atoms with van der Waals surface area (Å²) in [5.74, 6) is 0.531. The van der Waals surface area contributed by atoms with Crippen LogP contribution in [0, 0.1) is 0 Å². The van der Waals surface area contributed by atoms with Crippen LogP contribution >= 0.6 is 0 Å². The summed E-state index contributed by atoms with van der Waals surface area (Å²) in [7, 11) is -1.06. The highest BCUT2D eigenvalue weighted by Gasteiger charge is 2.16. The summed E-state index contributed by atoms with van der Waals surface area (Å²) < 4.78 is 33.2. The van der Waals surface area contributed by atoms with Crippen LogP contribution in [0.3, 0.4) is 0 Å². The van der Waals surface area contributed by atoms with Crippen molar-refractivity contribution in [1.82, 2.24) is 0 Å². The van der Waals surface area contributed by atoms with Crippen LogP contribution in [-0.2, 0) is 21.2 Å². The number of carbonyl (C=O) groups is 1. The summed E-state index contributed by atoms with van der Waals surface area (Å²) in [5.41, 5.74) is 1.12. The molecule has 3 N–H and O–H groups in total. The molecule has 7 nitrogen and oxygen atoms in total. The van der Waals surface area contributed by atoms with Gasteiger partial charge in [-0.15, -0.1) is 0 Å². The van der Waals surface area contributed by atoms with E-state index >= 15 is 0 Å². The second-order valence-corrected chi connectivity index (χ2v) is 6.51. The maximum Gasteiger partial charge on any atom is 0.241 e. The smallest absolute Gasteiger partial charge is 0.241 e. The number of sulfonamides is 1. The number of hydrogen-bond acceptors (Lipinski definition) is 5. The zero-order valence-corrected chi connectivity index (χ0v) is 14.1. The Hall–Kier alpha value is -2.58. The molecule has 0 bridgehead atoms. The van der Waals surface area contributed by atoms with E-state index in [1.807, 2.05) is 0 Å².